The van der Waals surface area contributed by atoms with Crippen LogP contribution in [0.2, 0.25) is 0 Å². The van der Waals surface area contributed by atoms with Crippen LogP contribution in [0.3, 0.4) is 0 Å². The molecule has 22 heteroatoms. The number of unbranched alkanes of at least 4 members (excludes halogenated alkanes) is 2. The first-order chi connectivity index (χ1) is 35.6. The highest BCUT2D eigenvalue weighted by Crippen LogP contribution is 2.45. The number of benzene rings is 2. The molecule has 0 spiro atoms. The number of pyridine rings is 2. The zero-order valence-corrected chi connectivity index (χ0v) is 40.9. The van der Waals surface area contributed by atoms with Crippen LogP contribution >= 0.6 is 0 Å². The summed E-state index contributed by atoms with van der Waals surface area (Å²) in [5.41, 5.74) is 5.37. The third-order valence-corrected chi connectivity index (χ3v) is 13.6. The summed E-state index contributed by atoms with van der Waals surface area (Å²) in [7, 11) is 0. The fraction of sp³-hybridized carbons (Fsp3) is 0.404. The number of aromatic nitrogens is 2. The molecule has 0 bridgehead atoms. The molecular weight excluding hydrogens is 962 g/mol. The Bertz CT molecular complexity index is 3030. The number of halogens is 1. The molecular formula is C52H56FN9O12. The van der Waals surface area contributed by atoms with Crippen molar-refractivity contribution in [3.05, 3.63) is 110 Å². The van der Waals surface area contributed by atoms with Crippen molar-refractivity contribution >= 4 is 64.1 Å². The third kappa shape index (κ3) is 11.7. The Hall–Kier alpha value is -8.14. The maximum atomic E-state index is 15.3. The number of hydrogen-bond donors (Lipinski definition) is 6. The summed E-state index contributed by atoms with van der Waals surface area (Å²) in [5, 5.41) is 16.1. The van der Waals surface area contributed by atoms with Crippen molar-refractivity contribution in [1.29, 1.82) is 0 Å². The predicted molar refractivity (Wildman–Crippen MR) is 262 cm³/mol. The molecule has 4 aromatic rings. The summed E-state index contributed by atoms with van der Waals surface area (Å²) in [6, 6.07) is 10.2. The fourth-order valence-electron chi connectivity index (χ4n) is 9.78. The topological polar surface area (TPSA) is 282 Å². The number of imide groups is 1. The number of nitrogens with zero attached hydrogens (tertiary/aromatic N) is 3. The minimum Gasteiger partial charge on any atom is -0.460 e. The SMILES string of the molecule is CC[C@H]1C(=O)OCc2c1cc1n(c2=O)Cc2c-1nc1cc(F)c(C)c3c1c2[C@@H](NC(=O)COCNC(=O)CNC(=O)C(Cc1ccccc1)NC(=O)CNC(=O)CNC(=O)CCCCCN1C(=O)C=CC1=O)CC3. The summed E-state index contributed by atoms with van der Waals surface area (Å²) in [5.74, 6) is -5.82. The van der Waals surface area contributed by atoms with Crippen LogP contribution in [0.5, 0.6) is 0 Å². The van der Waals surface area contributed by atoms with Crippen LogP contribution in [0.25, 0.3) is 22.3 Å². The molecule has 21 nitrogen and oxygen atoms in total. The number of rotatable bonds is 22. The van der Waals surface area contributed by atoms with Crippen molar-refractivity contribution in [2.45, 2.75) is 96.4 Å². The van der Waals surface area contributed by atoms with E-state index in [0.29, 0.717) is 94.2 Å². The largest absolute Gasteiger partial charge is 0.460 e. The van der Waals surface area contributed by atoms with Gasteiger partial charge in [0.05, 0.1) is 60.6 Å². The van der Waals surface area contributed by atoms with Gasteiger partial charge in [-0.3, -0.25) is 52.8 Å². The highest BCUT2D eigenvalue weighted by Gasteiger charge is 2.38. The van der Waals surface area contributed by atoms with Crippen LogP contribution < -0.4 is 37.5 Å². The van der Waals surface area contributed by atoms with Gasteiger partial charge in [0.2, 0.25) is 35.4 Å². The van der Waals surface area contributed by atoms with Gasteiger partial charge in [0.25, 0.3) is 17.4 Å². The number of carbonyl (C=O) groups excluding carboxylic acids is 9. The van der Waals surface area contributed by atoms with Gasteiger partial charge in [-0.25, -0.2) is 9.37 Å². The van der Waals surface area contributed by atoms with Gasteiger partial charge in [0.1, 0.15) is 31.8 Å². The molecule has 2 aromatic heterocycles. The van der Waals surface area contributed by atoms with E-state index in [1.165, 1.54) is 18.2 Å². The van der Waals surface area contributed by atoms with Crippen molar-refractivity contribution in [1.82, 2.24) is 46.4 Å². The molecule has 4 aliphatic rings. The molecule has 74 heavy (non-hydrogen) atoms. The van der Waals surface area contributed by atoms with E-state index in [9.17, 15) is 47.9 Å². The lowest BCUT2D eigenvalue weighted by Crippen LogP contribution is -2.52. The van der Waals surface area contributed by atoms with E-state index in [4.69, 9.17) is 14.5 Å². The number of amides is 8. The van der Waals surface area contributed by atoms with Crippen LogP contribution in [-0.2, 0) is 78.6 Å². The zero-order valence-electron chi connectivity index (χ0n) is 40.9. The van der Waals surface area contributed by atoms with Crippen molar-refractivity contribution in [2.24, 2.45) is 0 Å². The number of cyclic esters (lactones) is 1. The van der Waals surface area contributed by atoms with E-state index in [2.05, 4.69) is 31.9 Å². The highest BCUT2D eigenvalue weighted by atomic mass is 19.1. The lowest BCUT2D eigenvalue weighted by atomic mass is 9.81. The van der Waals surface area contributed by atoms with E-state index in [0.717, 1.165) is 10.5 Å². The number of aryl methyl sites for hydroxylation is 1. The Labute approximate surface area is 423 Å². The molecule has 3 aliphatic heterocycles. The van der Waals surface area contributed by atoms with Gasteiger partial charge in [0, 0.05) is 48.6 Å². The predicted octanol–water partition coefficient (Wildman–Crippen LogP) is 1.18. The molecule has 2 aromatic carbocycles. The average molecular weight is 1020 g/mol. The molecule has 8 rings (SSSR count). The number of carbonyl (C=O) groups is 9. The maximum absolute atomic E-state index is 15.3. The number of esters is 1. The average Bonchev–Trinajstić information content (AvgIpc) is 3.94. The van der Waals surface area contributed by atoms with Crippen molar-refractivity contribution in [2.75, 3.05) is 39.5 Å². The number of hydrogen-bond acceptors (Lipinski definition) is 13. The van der Waals surface area contributed by atoms with Crippen LogP contribution in [0.1, 0.15) is 96.4 Å². The zero-order chi connectivity index (χ0) is 52.6. The number of fused-ring (bicyclic) bond motifs is 5. The molecule has 1 aliphatic carbocycles. The molecule has 6 N–H and O–H groups in total. The normalized spacial score (nSPS) is 16.4. The molecule has 0 saturated heterocycles. The van der Waals surface area contributed by atoms with E-state index >= 15 is 4.39 Å². The van der Waals surface area contributed by atoms with E-state index in [1.807, 2.05) is 6.92 Å². The Morgan fingerprint density at radius 1 is 0.838 bits per heavy atom. The minimum absolute atomic E-state index is 0.0466. The lowest BCUT2D eigenvalue weighted by molar-refractivity contribution is -0.148. The standard InChI is InChI=1S/C52H56FN9O12/c1-3-30-32-19-39-49-33(24-62(39)51(71)34(32)25-74-52(30)72)48-36(14-13-31-28(2)35(53)20-37(60-49)47(31)48)58-44(67)26-73-27-57-42(65)22-56-50(70)38(18-29-10-6-4-7-11-29)59-43(66)23-55-41(64)21-54-40(63)12-8-5-9-17-61-45(68)15-16-46(61)69/h4,6-7,10-11,15-16,19-20,30,36,38H,3,5,8-9,12-14,17-18,21-27H2,1-2H3,(H,54,63)(H,55,64)(H,56,70)(H,57,65)(H,58,67)(H,59,66)/t30-,36+,38?/m1/s1. The quantitative estimate of drug-likeness (QED) is 0.0246. The molecule has 388 valence electrons. The lowest BCUT2D eigenvalue weighted by Gasteiger charge is -2.29. The van der Waals surface area contributed by atoms with Crippen LogP contribution in [-0.4, -0.2) is 113 Å². The summed E-state index contributed by atoms with van der Waals surface area (Å²) >= 11 is 0. The first-order valence-corrected chi connectivity index (χ1v) is 24.5. The van der Waals surface area contributed by atoms with Gasteiger partial charge in [-0.2, -0.15) is 0 Å². The second-order valence-electron chi connectivity index (χ2n) is 18.4. The summed E-state index contributed by atoms with van der Waals surface area (Å²) in [6.45, 7) is 1.50. The van der Waals surface area contributed by atoms with Crippen LogP contribution in [0.4, 0.5) is 4.39 Å². The Balaban J connectivity index is 0.798. The molecule has 0 saturated carbocycles. The molecule has 1 unspecified atom stereocenters. The first kappa shape index (κ1) is 52.2. The summed E-state index contributed by atoms with van der Waals surface area (Å²) in [6.07, 6.45) is 5.41. The van der Waals surface area contributed by atoms with Gasteiger partial charge in [-0.15, -0.1) is 0 Å². The third-order valence-electron chi connectivity index (χ3n) is 13.6. The molecule has 0 fully saturated rings. The Morgan fingerprint density at radius 3 is 2.31 bits per heavy atom. The second-order valence-corrected chi connectivity index (χ2v) is 18.4. The Morgan fingerprint density at radius 2 is 1.55 bits per heavy atom. The summed E-state index contributed by atoms with van der Waals surface area (Å²) < 4.78 is 27.8. The van der Waals surface area contributed by atoms with E-state index in [-0.39, 0.29) is 49.9 Å². The molecule has 5 heterocycles. The van der Waals surface area contributed by atoms with Gasteiger partial charge in [0.15, 0.2) is 0 Å². The van der Waals surface area contributed by atoms with Crippen LogP contribution in [0.15, 0.2) is 59.4 Å². The van der Waals surface area contributed by atoms with Crippen LogP contribution in [0, 0.1) is 12.7 Å². The number of ether oxygens (including phenoxy) is 2. The minimum atomic E-state index is -1.15. The van der Waals surface area contributed by atoms with E-state index < -0.39 is 98.2 Å². The summed E-state index contributed by atoms with van der Waals surface area (Å²) in [4.78, 5) is 133. The molecule has 8 amide bonds. The smallest absolute Gasteiger partial charge is 0.313 e. The molecule has 0 radical (unpaired) electrons. The Kier molecular flexibility index (Phi) is 16.3. The van der Waals surface area contributed by atoms with Gasteiger partial charge in [-0.05, 0) is 72.9 Å². The number of nitrogens with one attached hydrogen (secondary N) is 6. The van der Waals surface area contributed by atoms with Crippen molar-refractivity contribution in [3.8, 4) is 11.4 Å². The van der Waals surface area contributed by atoms with Gasteiger partial charge >= 0.3 is 5.97 Å². The van der Waals surface area contributed by atoms with Gasteiger partial charge < -0.3 is 45.9 Å². The monoisotopic (exact) mass is 1020 g/mol. The van der Waals surface area contributed by atoms with E-state index in [1.54, 1.807) is 47.9 Å². The van der Waals surface area contributed by atoms with Crippen molar-refractivity contribution in [3.63, 3.8) is 0 Å². The maximum Gasteiger partial charge on any atom is 0.313 e. The first-order valence-electron chi connectivity index (χ1n) is 24.5. The molecule has 3 atom stereocenters. The highest BCUT2D eigenvalue weighted by molar-refractivity contribution is 6.12. The van der Waals surface area contributed by atoms with Gasteiger partial charge in [-0.1, -0.05) is 43.7 Å². The fourth-order valence-corrected chi connectivity index (χ4v) is 9.78. The second kappa shape index (κ2) is 23.2. The van der Waals surface area contributed by atoms with Crippen molar-refractivity contribution < 1.29 is 57.0 Å².